The van der Waals surface area contributed by atoms with Crippen molar-refractivity contribution in [3.05, 3.63) is 29.8 Å². The second-order valence-electron chi connectivity index (χ2n) is 6.23. The Morgan fingerprint density at radius 3 is 2.71 bits per heavy atom. The third kappa shape index (κ3) is 3.05. The highest BCUT2D eigenvalue weighted by atomic mass is 16.5. The number of ether oxygens (including phenoxy) is 2. The van der Waals surface area contributed by atoms with E-state index in [-0.39, 0.29) is 24.0 Å². The van der Waals surface area contributed by atoms with E-state index in [1.807, 2.05) is 38.1 Å². The van der Waals surface area contributed by atoms with Crippen LogP contribution in [0, 0.1) is 5.92 Å². The smallest absolute Gasteiger partial charge is 0.323 e. The Balaban J connectivity index is 2.29. The van der Waals surface area contributed by atoms with Crippen molar-refractivity contribution in [1.29, 1.82) is 0 Å². The van der Waals surface area contributed by atoms with E-state index in [4.69, 9.17) is 9.47 Å². The zero-order chi connectivity index (χ0) is 15.6. The fourth-order valence-electron chi connectivity index (χ4n) is 2.83. The second-order valence-corrected chi connectivity index (χ2v) is 6.23. The van der Waals surface area contributed by atoms with Gasteiger partial charge in [-0.2, -0.15) is 0 Å². The van der Waals surface area contributed by atoms with Crippen LogP contribution in [0.4, 0.5) is 0 Å². The first-order valence-corrected chi connectivity index (χ1v) is 7.52. The Morgan fingerprint density at radius 1 is 1.43 bits per heavy atom. The van der Waals surface area contributed by atoms with Crippen molar-refractivity contribution in [3.8, 4) is 5.75 Å². The SMILES string of the molecule is CCC(C)C(NC1c2ccccc2OC1(C)C)C(=O)OC. The monoisotopic (exact) mass is 291 g/mol. The summed E-state index contributed by atoms with van der Waals surface area (Å²) in [4.78, 5) is 12.1. The molecule has 21 heavy (non-hydrogen) atoms. The Bertz CT molecular complexity index is 513. The van der Waals surface area contributed by atoms with Crippen molar-refractivity contribution in [1.82, 2.24) is 5.32 Å². The van der Waals surface area contributed by atoms with E-state index >= 15 is 0 Å². The summed E-state index contributed by atoms with van der Waals surface area (Å²) in [7, 11) is 1.43. The van der Waals surface area contributed by atoms with Gasteiger partial charge < -0.3 is 9.47 Å². The van der Waals surface area contributed by atoms with Gasteiger partial charge in [-0.1, -0.05) is 38.5 Å². The summed E-state index contributed by atoms with van der Waals surface area (Å²) in [5.74, 6) is 0.860. The highest BCUT2D eigenvalue weighted by molar-refractivity contribution is 5.76. The van der Waals surface area contributed by atoms with E-state index in [0.29, 0.717) is 0 Å². The molecule has 0 fully saturated rings. The van der Waals surface area contributed by atoms with Gasteiger partial charge >= 0.3 is 5.97 Å². The molecule has 1 aromatic carbocycles. The molecule has 0 aliphatic carbocycles. The minimum absolute atomic E-state index is 0.0354. The summed E-state index contributed by atoms with van der Waals surface area (Å²) < 4.78 is 11.0. The average molecular weight is 291 g/mol. The van der Waals surface area contributed by atoms with Gasteiger partial charge in [-0.15, -0.1) is 0 Å². The molecule has 2 rings (SSSR count). The largest absolute Gasteiger partial charge is 0.486 e. The number of methoxy groups -OCH3 is 1. The maximum absolute atomic E-state index is 12.1. The van der Waals surface area contributed by atoms with Crippen LogP contribution < -0.4 is 10.1 Å². The van der Waals surface area contributed by atoms with Gasteiger partial charge in [-0.05, 0) is 25.8 Å². The molecule has 4 heteroatoms. The summed E-state index contributed by atoms with van der Waals surface area (Å²) in [6, 6.07) is 7.60. The molecule has 0 spiro atoms. The van der Waals surface area contributed by atoms with E-state index in [9.17, 15) is 4.79 Å². The van der Waals surface area contributed by atoms with Gasteiger partial charge in [-0.25, -0.2) is 0 Å². The lowest BCUT2D eigenvalue weighted by molar-refractivity contribution is -0.145. The zero-order valence-corrected chi connectivity index (χ0v) is 13.5. The van der Waals surface area contributed by atoms with Crippen LogP contribution in [0.5, 0.6) is 5.75 Å². The minimum Gasteiger partial charge on any atom is -0.486 e. The lowest BCUT2D eigenvalue weighted by Gasteiger charge is -2.32. The maximum atomic E-state index is 12.1. The van der Waals surface area contributed by atoms with Gasteiger partial charge in [0.2, 0.25) is 0 Å². The lowest BCUT2D eigenvalue weighted by atomic mass is 9.91. The van der Waals surface area contributed by atoms with Crippen molar-refractivity contribution in [2.24, 2.45) is 5.92 Å². The normalized spacial score (nSPS) is 22.0. The van der Waals surface area contributed by atoms with Crippen LogP contribution in [0.3, 0.4) is 0 Å². The quantitative estimate of drug-likeness (QED) is 0.847. The minimum atomic E-state index is -0.399. The predicted molar refractivity (Wildman–Crippen MR) is 82.3 cm³/mol. The van der Waals surface area contributed by atoms with Crippen LogP contribution in [0.25, 0.3) is 0 Å². The van der Waals surface area contributed by atoms with Crippen LogP contribution in [0.2, 0.25) is 0 Å². The van der Waals surface area contributed by atoms with Crippen molar-refractivity contribution in [3.63, 3.8) is 0 Å². The van der Waals surface area contributed by atoms with Crippen molar-refractivity contribution >= 4 is 5.97 Å². The molecule has 0 amide bonds. The molecule has 0 saturated heterocycles. The summed E-state index contributed by atoms with van der Waals surface area (Å²) in [6.45, 7) is 8.21. The number of benzene rings is 1. The van der Waals surface area contributed by atoms with E-state index in [0.717, 1.165) is 17.7 Å². The van der Waals surface area contributed by atoms with Crippen LogP contribution in [-0.4, -0.2) is 24.7 Å². The molecule has 1 aliphatic rings. The molecule has 0 saturated carbocycles. The second kappa shape index (κ2) is 6.06. The maximum Gasteiger partial charge on any atom is 0.323 e. The van der Waals surface area contributed by atoms with Crippen molar-refractivity contribution < 1.29 is 14.3 Å². The molecule has 4 nitrogen and oxygen atoms in total. The summed E-state index contributed by atoms with van der Waals surface area (Å²) in [6.07, 6.45) is 0.905. The number of para-hydroxylation sites is 1. The van der Waals surface area contributed by atoms with E-state index in [2.05, 4.69) is 19.2 Å². The molecule has 1 aliphatic heterocycles. The van der Waals surface area contributed by atoms with Gasteiger partial charge in [0.25, 0.3) is 0 Å². The molecule has 3 unspecified atom stereocenters. The third-order valence-corrected chi connectivity index (χ3v) is 4.31. The Labute approximate surface area is 126 Å². The molecule has 3 atom stereocenters. The van der Waals surface area contributed by atoms with Crippen LogP contribution >= 0.6 is 0 Å². The number of hydrogen-bond acceptors (Lipinski definition) is 4. The zero-order valence-electron chi connectivity index (χ0n) is 13.5. The van der Waals surface area contributed by atoms with E-state index in [1.54, 1.807) is 0 Å². The van der Waals surface area contributed by atoms with Gasteiger partial charge in [0.1, 0.15) is 17.4 Å². The predicted octanol–water partition coefficient (Wildman–Crippen LogP) is 3.08. The molecule has 0 aromatic heterocycles. The first-order valence-electron chi connectivity index (χ1n) is 7.52. The Morgan fingerprint density at radius 2 is 2.10 bits per heavy atom. The molecule has 0 radical (unpaired) electrons. The number of carbonyl (C=O) groups excluding carboxylic acids is 1. The molecular weight excluding hydrogens is 266 g/mol. The van der Waals surface area contributed by atoms with Gasteiger partial charge in [-0.3, -0.25) is 10.1 Å². The highest BCUT2D eigenvalue weighted by Crippen LogP contribution is 2.43. The number of esters is 1. The van der Waals surface area contributed by atoms with Gasteiger partial charge in [0, 0.05) is 5.56 Å². The Hall–Kier alpha value is -1.55. The first-order chi connectivity index (χ1) is 9.90. The fraction of sp³-hybridized carbons (Fsp3) is 0.588. The van der Waals surface area contributed by atoms with Gasteiger partial charge in [0.15, 0.2) is 0 Å². The number of nitrogens with one attached hydrogen (secondary N) is 1. The molecular formula is C17H25NO3. The number of hydrogen-bond donors (Lipinski definition) is 1. The highest BCUT2D eigenvalue weighted by Gasteiger charge is 2.43. The molecule has 0 bridgehead atoms. The van der Waals surface area contributed by atoms with Crippen LogP contribution in [0.1, 0.15) is 45.7 Å². The van der Waals surface area contributed by atoms with Gasteiger partial charge in [0.05, 0.1) is 13.2 Å². The lowest BCUT2D eigenvalue weighted by Crippen LogP contribution is -2.49. The van der Waals surface area contributed by atoms with Crippen LogP contribution in [0.15, 0.2) is 24.3 Å². The standard InChI is InChI=1S/C17H25NO3/c1-6-11(2)14(16(19)20-5)18-15-12-9-7-8-10-13(12)21-17(15,3)4/h7-11,14-15,18H,6H2,1-5H3. The number of carbonyl (C=O) groups is 1. The summed E-state index contributed by atoms with van der Waals surface area (Å²) in [5.41, 5.74) is 0.698. The summed E-state index contributed by atoms with van der Waals surface area (Å²) >= 11 is 0. The van der Waals surface area contributed by atoms with E-state index < -0.39 is 5.60 Å². The first kappa shape index (κ1) is 15.8. The van der Waals surface area contributed by atoms with Crippen LogP contribution in [-0.2, 0) is 9.53 Å². The molecule has 1 heterocycles. The third-order valence-electron chi connectivity index (χ3n) is 4.31. The Kier molecular flexibility index (Phi) is 4.57. The number of rotatable bonds is 5. The van der Waals surface area contributed by atoms with Crippen molar-refractivity contribution in [2.75, 3.05) is 7.11 Å². The topological polar surface area (TPSA) is 47.6 Å². The molecule has 1 aromatic rings. The van der Waals surface area contributed by atoms with Crippen molar-refractivity contribution in [2.45, 2.75) is 51.8 Å². The molecule has 1 N–H and O–H groups in total. The van der Waals surface area contributed by atoms with E-state index in [1.165, 1.54) is 7.11 Å². The molecule has 116 valence electrons. The fourth-order valence-corrected chi connectivity index (χ4v) is 2.83. The number of fused-ring (bicyclic) bond motifs is 1. The average Bonchev–Trinajstić information content (AvgIpc) is 2.73. The summed E-state index contributed by atoms with van der Waals surface area (Å²) in [5, 5.41) is 3.46.